The number of ether oxygens (including phenoxy) is 1. The second-order valence-corrected chi connectivity index (χ2v) is 5.54. The molecule has 2 aliphatic heterocycles. The number of likely N-dealkylation sites (tertiary alicyclic amines) is 1. The molecule has 17 heavy (non-hydrogen) atoms. The van der Waals surface area contributed by atoms with Crippen LogP contribution in [0.25, 0.3) is 0 Å². The molecule has 2 aliphatic rings. The molecule has 3 heteroatoms. The first kappa shape index (κ1) is 13.3. The maximum absolute atomic E-state index is 5.89. The third-order valence-electron chi connectivity index (χ3n) is 3.91. The van der Waals surface area contributed by atoms with Crippen LogP contribution in [0.4, 0.5) is 0 Å². The van der Waals surface area contributed by atoms with Crippen molar-refractivity contribution in [3.63, 3.8) is 0 Å². The summed E-state index contributed by atoms with van der Waals surface area (Å²) in [5.74, 6) is 0. The predicted molar refractivity (Wildman–Crippen MR) is 71.3 cm³/mol. The fourth-order valence-corrected chi connectivity index (χ4v) is 2.99. The summed E-state index contributed by atoms with van der Waals surface area (Å²) in [7, 11) is 0. The molecule has 0 aliphatic carbocycles. The molecule has 0 bridgehead atoms. The highest BCUT2D eigenvalue weighted by Gasteiger charge is 2.23. The average molecular weight is 240 g/mol. The Morgan fingerprint density at radius 2 is 2.18 bits per heavy atom. The minimum atomic E-state index is 0.493. The fraction of sp³-hybridized carbons (Fsp3) is 1.00. The predicted octanol–water partition coefficient (Wildman–Crippen LogP) is 2.02. The van der Waals surface area contributed by atoms with Crippen molar-refractivity contribution < 1.29 is 4.74 Å². The zero-order valence-corrected chi connectivity index (χ0v) is 11.3. The van der Waals surface area contributed by atoms with Crippen LogP contribution in [0, 0.1) is 0 Å². The maximum Gasteiger partial charge on any atom is 0.0702 e. The Balaban J connectivity index is 1.68. The lowest BCUT2D eigenvalue weighted by Gasteiger charge is -2.36. The summed E-state index contributed by atoms with van der Waals surface area (Å²) in [5, 5.41) is 3.64. The summed E-state index contributed by atoms with van der Waals surface area (Å²) in [5.41, 5.74) is 0. The molecule has 2 heterocycles. The lowest BCUT2D eigenvalue weighted by Crippen LogP contribution is -2.48. The number of nitrogens with one attached hydrogen (secondary N) is 1. The molecule has 2 fully saturated rings. The van der Waals surface area contributed by atoms with E-state index < -0.39 is 0 Å². The SMILES string of the molecule is CCCOC1CCCN(CC2CCCCN2)C1. The Morgan fingerprint density at radius 3 is 2.94 bits per heavy atom. The van der Waals surface area contributed by atoms with Crippen molar-refractivity contribution in [2.75, 3.05) is 32.8 Å². The number of hydrogen-bond acceptors (Lipinski definition) is 3. The Hall–Kier alpha value is -0.120. The van der Waals surface area contributed by atoms with Crippen LogP contribution in [0.2, 0.25) is 0 Å². The zero-order chi connectivity index (χ0) is 11.9. The van der Waals surface area contributed by atoms with E-state index in [1.165, 1.54) is 51.7 Å². The molecule has 0 aromatic heterocycles. The Labute approximate surface area is 106 Å². The molecule has 0 spiro atoms. The summed E-state index contributed by atoms with van der Waals surface area (Å²) >= 11 is 0. The van der Waals surface area contributed by atoms with Gasteiger partial charge in [-0.3, -0.25) is 4.90 Å². The topological polar surface area (TPSA) is 24.5 Å². The minimum Gasteiger partial charge on any atom is -0.377 e. The lowest BCUT2D eigenvalue weighted by molar-refractivity contribution is -0.00289. The van der Waals surface area contributed by atoms with Crippen LogP contribution >= 0.6 is 0 Å². The quantitative estimate of drug-likeness (QED) is 0.795. The van der Waals surface area contributed by atoms with Gasteiger partial charge in [-0.15, -0.1) is 0 Å². The molecule has 0 aromatic carbocycles. The van der Waals surface area contributed by atoms with Crippen LogP contribution in [-0.4, -0.2) is 49.8 Å². The Kier molecular flexibility index (Phi) is 5.75. The number of rotatable bonds is 5. The molecule has 0 amide bonds. The monoisotopic (exact) mass is 240 g/mol. The smallest absolute Gasteiger partial charge is 0.0702 e. The van der Waals surface area contributed by atoms with Crippen LogP contribution in [0.3, 0.4) is 0 Å². The number of hydrogen-bond donors (Lipinski definition) is 1. The molecule has 0 saturated carbocycles. The molecule has 0 radical (unpaired) electrons. The van der Waals surface area contributed by atoms with Gasteiger partial charge in [0.05, 0.1) is 6.10 Å². The van der Waals surface area contributed by atoms with E-state index in [1.807, 2.05) is 0 Å². The maximum atomic E-state index is 5.89. The second kappa shape index (κ2) is 7.34. The van der Waals surface area contributed by atoms with Crippen molar-refractivity contribution in [3.05, 3.63) is 0 Å². The Morgan fingerprint density at radius 1 is 1.24 bits per heavy atom. The molecule has 100 valence electrons. The molecule has 2 saturated heterocycles. The normalized spacial score (nSPS) is 31.6. The second-order valence-electron chi connectivity index (χ2n) is 5.54. The van der Waals surface area contributed by atoms with Crippen LogP contribution in [-0.2, 0) is 4.74 Å². The first-order chi connectivity index (χ1) is 8.38. The van der Waals surface area contributed by atoms with Crippen LogP contribution in [0.15, 0.2) is 0 Å². The molecular weight excluding hydrogens is 212 g/mol. The first-order valence-corrected chi connectivity index (χ1v) is 7.46. The van der Waals surface area contributed by atoms with E-state index in [0.29, 0.717) is 6.10 Å². The van der Waals surface area contributed by atoms with Gasteiger partial charge in [0.25, 0.3) is 0 Å². The third kappa shape index (κ3) is 4.57. The molecule has 1 N–H and O–H groups in total. The minimum absolute atomic E-state index is 0.493. The zero-order valence-electron chi connectivity index (χ0n) is 11.3. The van der Waals surface area contributed by atoms with E-state index in [1.54, 1.807) is 0 Å². The van der Waals surface area contributed by atoms with E-state index >= 15 is 0 Å². The van der Waals surface area contributed by atoms with Crippen molar-refractivity contribution in [1.29, 1.82) is 0 Å². The van der Waals surface area contributed by atoms with E-state index in [0.717, 1.165) is 25.6 Å². The molecule has 2 atom stereocenters. The summed E-state index contributed by atoms with van der Waals surface area (Å²) < 4.78 is 5.89. The van der Waals surface area contributed by atoms with Gasteiger partial charge in [0.2, 0.25) is 0 Å². The van der Waals surface area contributed by atoms with E-state index in [4.69, 9.17) is 4.74 Å². The van der Waals surface area contributed by atoms with E-state index in [9.17, 15) is 0 Å². The van der Waals surface area contributed by atoms with Gasteiger partial charge in [-0.25, -0.2) is 0 Å². The number of nitrogens with zero attached hydrogens (tertiary/aromatic N) is 1. The van der Waals surface area contributed by atoms with Crippen molar-refractivity contribution in [1.82, 2.24) is 10.2 Å². The van der Waals surface area contributed by atoms with Gasteiger partial charge in [0.1, 0.15) is 0 Å². The van der Waals surface area contributed by atoms with Crippen molar-refractivity contribution >= 4 is 0 Å². The van der Waals surface area contributed by atoms with E-state index in [2.05, 4.69) is 17.1 Å². The molecular formula is C14H28N2O. The van der Waals surface area contributed by atoms with Crippen LogP contribution in [0.1, 0.15) is 45.4 Å². The van der Waals surface area contributed by atoms with Gasteiger partial charge in [0.15, 0.2) is 0 Å². The lowest BCUT2D eigenvalue weighted by atomic mass is 10.0. The van der Waals surface area contributed by atoms with Crippen molar-refractivity contribution in [3.8, 4) is 0 Å². The largest absolute Gasteiger partial charge is 0.377 e. The van der Waals surface area contributed by atoms with E-state index in [-0.39, 0.29) is 0 Å². The average Bonchev–Trinajstić information content (AvgIpc) is 2.38. The van der Waals surface area contributed by atoms with Crippen LogP contribution in [0.5, 0.6) is 0 Å². The highest BCUT2D eigenvalue weighted by atomic mass is 16.5. The van der Waals surface area contributed by atoms with Gasteiger partial charge in [0, 0.05) is 25.7 Å². The standard InChI is InChI=1S/C14H28N2O/c1-2-10-17-14-7-5-9-16(12-14)11-13-6-3-4-8-15-13/h13-15H,2-12H2,1H3. The van der Waals surface area contributed by atoms with Gasteiger partial charge in [-0.05, 0) is 45.2 Å². The highest BCUT2D eigenvalue weighted by molar-refractivity contribution is 4.80. The molecule has 3 nitrogen and oxygen atoms in total. The molecule has 2 unspecified atom stereocenters. The number of piperidine rings is 2. The summed E-state index contributed by atoms with van der Waals surface area (Å²) in [6.45, 7) is 7.98. The molecule has 2 rings (SSSR count). The third-order valence-corrected chi connectivity index (χ3v) is 3.91. The summed E-state index contributed by atoms with van der Waals surface area (Å²) in [6, 6.07) is 0.730. The summed E-state index contributed by atoms with van der Waals surface area (Å²) in [4.78, 5) is 2.60. The van der Waals surface area contributed by atoms with Crippen molar-refractivity contribution in [2.45, 2.75) is 57.6 Å². The van der Waals surface area contributed by atoms with Gasteiger partial charge in [-0.2, -0.15) is 0 Å². The first-order valence-electron chi connectivity index (χ1n) is 7.46. The fourth-order valence-electron chi connectivity index (χ4n) is 2.99. The van der Waals surface area contributed by atoms with Crippen molar-refractivity contribution in [2.24, 2.45) is 0 Å². The Bertz CT molecular complexity index is 204. The van der Waals surface area contributed by atoms with Gasteiger partial charge < -0.3 is 10.1 Å². The van der Waals surface area contributed by atoms with Gasteiger partial charge >= 0.3 is 0 Å². The summed E-state index contributed by atoms with van der Waals surface area (Å²) in [6.07, 6.45) is 8.32. The highest BCUT2D eigenvalue weighted by Crippen LogP contribution is 2.16. The van der Waals surface area contributed by atoms with Crippen LogP contribution < -0.4 is 5.32 Å². The van der Waals surface area contributed by atoms with Gasteiger partial charge in [-0.1, -0.05) is 13.3 Å². The molecule has 0 aromatic rings.